The van der Waals surface area contributed by atoms with Crippen LogP contribution in [0, 0.1) is 5.92 Å². The summed E-state index contributed by atoms with van der Waals surface area (Å²) >= 11 is 12.8. The Morgan fingerprint density at radius 1 is 1.05 bits per heavy atom. The topological polar surface area (TPSA) is 132 Å². The average molecular weight is 571 g/mol. The number of rotatable bonds is 9. The largest absolute Gasteiger partial charge is 0.493 e. The fourth-order valence-corrected chi connectivity index (χ4v) is 4.83. The average Bonchev–Trinajstić information content (AvgIpc) is 2.94. The lowest BCUT2D eigenvalue weighted by atomic mass is 10.00. The van der Waals surface area contributed by atoms with Gasteiger partial charge in [0.25, 0.3) is 0 Å². The first-order chi connectivity index (χ1) is 18.8. The van der Waals surface area contributed by atoms with Gasteiger partial charge in [0.05, 0.1) is 36.0 Å². The Kier molecular flexibility index (Phi) is 9.29. The zero-order chi connectivity index (χ0) is 27.9. The molecular formula is C28H28Cl2N4O5. The van der Waals surface area contributed by atoms with Crippen LogP contribution in [-0.4, -0.2) is 44.6 Å². The highest BCUT2D eigenvalue weighted by atomic mass is 35.5. The van der Waals surface area contributed by atoms with E-state index in [9.17, 15) is 14.4 Å². The number of esters is 1. The van der Waals surface area contributed by atoms with E-state index in [1.807, 2.05) is 36.4 Å². The molecule has 0 radical (unpaired) electrons. The van der Waals surface area contributed by atoms with Crippen LogP contribution in [0.4, 0.5) is 11.4 Å². The zero-order valence-corrected chi connectivity index (χ0v) is 22.6. The van der Waals surface area contributed by atoms with Crippen LogP contribution in [0.5, 0.6) is 5.75 Å². The molecule has 1 unspecified atom stereocenters. The van der Waals surface area contributed by atoms with E-state index in [2.05, 4.69) is 16.0 Å². The molecule has 0 aliphatic carbocycles. The number of fused-ring (bicyclic) bond motifs is 1. The summed E-state index contributed by atoms with van der Waals surface area (Å²) in [5.74, 6) is -2.56. The molecular weight excluding hydrogens is 543 g/mol. The number of hydrogen-bond acceptors (Lipinski definition) is 7. The Morgan fingerprint density at radius 2 is 1.77 bits per heavy atom. The summed E-state index contributed by atoms with van der Waals surface area (Å²) in [7, 11) is 1.16. The van der Waals surface area contributed by atoms with E-state index in [1.54, 1.807) is 24.3 Å². The number of nitrogens with one attached hydrogen (secondary N) is 3. The fraction of sp³-hybridized carbons (Fsp3) is 0.250. The van der Waals surface area contributed by atoms with Crippen molar-refractivity contribution in [2.45, 2.75) is 12.5 Å². The highest BCUT2D eigenvalue weighted by Gasteiger charge is 2.30. The van der Waals surface area contributed by atoms with E-state index in [0.29, 0.717) is 24.5 Å². The van der Waals surface area contributed by atoms with Gasteiger partial charge in [-0.1, -0.05) is 53.5 Å². The lowest BCUT2D eigenvalue weighted by molar-refractivity contribution is -0.148. The highest BCUT2D eigenvalue weighted by Crippen LogP contribution is 2.36. The number of amides is 2. The van der Waals surface area contributed by atoms with Crippen molar-refractivity contribution in [3.8, 4) is 16.9 Å². The molecule has 3 aromatic rings. The Balaban J connectivity index is 1.38. The van der Waals surface area contributed by atoms with E-state index in [-0.39, 0.29) is 34.9 Å². The van der Waals surface area contributed by atoms with Crippen molar-refractivity contribution in [2.75, 3.05) is 37.9 Å². The fourth-order valence-electron chi connectivity index (χ4n) is 4.24. The van der Waals surface area contributed by atoms with Crippen LogP contribution in [-0.2, 0) is 19.1 Å². The van der Waals surface area contributed by atoms with E-state index < -0.39 is 23.7 Å². The predicted molar refractivity (Wildman–Crippen MR) is 151 cm³/mol. The minimum absolute atomic E-state index is 0.0486. The van der Waals surface area contributed by atoms with Gasteiger partial charge in [-0.25, -0.2) is 0 Å². The molecule has 0 aromatic heterocycles. The number of ether oxygens (including phenoxy) is 2. The van der Waals surface area contributed by atoms with E-state index >= 15 is 0 Å². The first-order valence-electron chi connectivity index (χ1n) is 12.2. The number of carbonyl (C=O) groups excluding carboxylic acids is 3. The zero-order valence-electron chi connectivity index (χ0n) is 21.1. The van der Waals surface area contributed by atoms with Gasteiger partial charge in [-0.2, -0.15) is 0 Å². The molecule has 39 heavy (non-hydrogen) atoms. The third-order valence-electron chi connectivity index (χ3n) is 6.29. The smallest absolute Gasteiger partial charge is 0.320 e. The van der Waals surface area contributed by atoms with Crippen LogP contribution in [0.25, 0.3) is 11.1 Å². The molecule has 4 rings (SSSR count). The van der Waals surface area contributed by atoms with E-state index in [4.69, 9.17) is 38.4 Å². The molecule has 5 N–H and O–H groups in total. The summed E-state index contributed by atoms with van der Waals surface area (Å²) in [5, 5.41) is 8.79. The predicted octanol–water partition coefficient (Wildman–Crippen LogP) is 4.20. The number of hydrogen-bond donors (Lipinski definition) is 4. The van der Waals surface area contributed by atoms with E-state index in [1.165, 1.54) is 0 Å². The van der Waals surface area contributed by atoms with Gasteiger partial charge < -0.3 is 31.2 Å². The lowest BCUT2D eigenvalue weighted by Crippen LogP contribution is -2.43. The molecule has 204 valence electrons. The molecule has 1 aliphatic rings. The van der Waals surface area contributed by atoms with Gasteiger partial charge >= 0.3 is 5.97 Å². The Bertz CT molecular complexity index is 1350. The Morgan fingerprint density at radius 3 is 2.46 bits per heavy atom. The van der Waals surface area contributed by atoms with Crippen molar-refractivity contribution in [2.24, 2.45) is 5.92 Å². The molecule has 0 saturated heterocycles. The monoisotopic (exact) mass is 570 g/mol. The molecule has 11 heteroatoms. The third-order valence-corrected chi connectivity index (χ3v) is 6.88. The van der Waals surface area contributed by atoms with Crippen LogP contribution in [0.15, 0.2) is 60.7 Å². The molecule has 1 aliphatic heterocycles. The van der Waals surface area contributed by atoms with Gasteiger partial charge in [-0.05, 0) is 41.5 Å². The second kappa shape index (κ2) is 12.8. The molecule has 0 spiro atoms. The maximum absolute atomic E-state index is 13.0. The van der Waals surface area contributed by atoms with Crippen molar-refractivity contribution in [3.63, 3.8) is 0 Å². The molecule has 3 aromatic carbocycles. The van der Waals surface area contributed by atoms with Crippen molar-refractivity contribution in [3.05, 3.63) is 76.3 Å². The molecule has 2 amide bonds. The molecule has 0 bridgehead atoms. The standard InChI is InChI=1S/C28H28Cl2N4O5/c1-38-28(37)20(14-33-25(35)15-32-23-9-10-39-24-8-7-18(31)13-19(23)24)27(36)34-26-21(29)11-17(12-22(26)30)16-5-3-2-4-6-16/h2-8,11-13,20,23,32H,9-10,14-15,31H2,1H3,(H,33,35)(H,34,36)/t20-,23?/m0/s1. The Labute approximate surface area is 235 Å². The second-order valence-electron chi connectivity index (χ2n) is 8.92. The van der Waals surface area contributed by atoms with Crippen molar-refractivity contribution >= 4 is 52.4 Å². The highest BCUT2D eigenvalue weighted by molar-refractivity contribution is 6.40. The number of benzene rings is 3. The third kappa shape index (κ3) is 7.00. The molecule has 2 atom stereocenters. The minimum Gasteiger partial charge on any atom is -0.493 e. The van der Waals surface area contributed by atoms with Gasteiger partial charge in [-0.15, -0.1) is 0 Å². The molecule has 0 saturated carbocycles. The summed E-state index contributed by atoms with van der Waals surface area (Å²) in [4.78, 5) is 38.0. The normalized spacial score (nSPS) is 14.9. The maximum Gasteiger partial charge on any atom is 0.320 e. The van der Waals surface area contributed by atoms with Gasteiger partial charge in [-0.3, -0.25) is 14.4 Å². The van der Waals surface area contributed by atoms with Gasteiger partial charge in [0.1, 0.15) is 5.75 Å². The molecule has 9 nitrogen and oxygen atoms in total. The maximum atomic E-state index is 13.0. The SMILES string of the molecule is COC(=O)[C@@H](CNC(=O)CNC1CCOc2ccc(N)cc21)C(=O)Nc1c(Cl)cc(-c2ccccc2)cc1Cl. The first-order valence-corrected chi connectivity index (χ1v) is 13.0. The minimum atomic E-state index is -1.33. The van der Waals surface area contributed by atoms with E-state index in [0.717, 1.165) is 23.8 Å². The summed E-state index contributed by atoms with van der Waals surface area (Å²) in [5.41, 5.74) is 9.18. The summed E-state index contributed by atoms with van der Waals surface area (Å²) in [6.07, 6.45) is 0.654. The van der Waals surface area contributed by atoms with Gasteiger partial charge in [0, 0.05) is 30.3 Å². The molecule has 1 heterocycles. The number of anilines is 2. The summed E-state index contributed by atoms with van der Waals surface area (Å²) in [6.45, 7) is 0.166. The van der Waals surface area contributed by atoms with Crippen molar-refractivity contribution in [1.82, 2.24) is 10.6 Å². The summed E-state index contributed by atoms with van der Waals surface area (Å²) < 4.78 is 10.4. The number of nitrogen functional groups attached to an aromatic ring is 1. The first kappa shape index (κ1) is 28.2. The molecule has 0 fully saturated rings. The van der Waals surface area contributed by atoms with Gasteiger partial charge in [0.15, 0.2) is 5.92 Å². The quantitative estimate of drug-likeness (QED) is 0.172. The Hall–Kier alpha value is -3.79. The number of halogens is 2. The van der Waals surface area contributed by atoms with Crippen LogP contribution in [0.2, 0.25) is 10.0 Å². The van der Waals surface area contributed by atoms with Crippen LogP contribution in [0.1, 0.15) is 18.0 Å². The number of methoxy groups -OCH3 is 1. The van der Waals surface area contributed by atoms with Gasteiger partial charge in [0.2, 0.25) is 11.8 Å². The lowest BCUT2D eigenvalue weighted by Gasteiger charge is -2.27. The van der Waals surface area contributed by atoms with Crippen LogP contribution < -0.4 is 26.4 Å². The van der Waals surface area contributed by atoms with Crippen molar-refractivity contribution in [1.29, 1.82) is 0 Å². The summed E-state index contributed by atoms with van der Waals surface area (Å²) in [6, 6.07) is 18.0. The van der Waals surface area contributed by atoms with Crippen LogP contribution in [0.3, 0.4) is 0 Å². The van der Waals surface area contributed by atoms with Crippen LogP contribution >= 0.6 is 23.2 Å². The van der Waals surface area contributed by atoms with Crippen molar-refractivity contribution < 1.29 is 23.9 Å². The number of nitrogens with two attached hydrogens (primary N) is 1. The number of carbonyl (C=O) groups is 3. The second-order valence-corrected chi connectivity index (χ2v) is 9.73.